The molecule has 0 fully saturated rings. The first-order valence-electron chi connectivity index (χ1n) is 8.18. The number of ether oxygens (including phenoxy) is 1. The van der Waals surface area contributed by atoms with Crippen molar-refractivity contribution in [1.82, 2.24) is 9.78 Å². The van der Waals surface area contributed by atoms with Gasteiger partial charge >= 0.3 is 5.97 Å². The fraction of sp³-hybridized carbons (Fsp3) is 0.150. The van der Waals surface area contributed by atoms with E-state index >= 15 is 0 Å². The summed E-state index contributed by atoms with van der Waals surface area (Å²) in [4.78, 5) is 24.2. The number of amides is 1. The van der Waals surface area contributed by atoms with Gasteiger partial charge in [0.2, 0.25) is 0 Å². The molecule has 0 aliphatic rings. The van der Waals surface area contributed by atoms with Crippen molar-refractivity contribution in [2.45, 2.75) is 12.5 Å². The predicted molar refractivity (Wildman–Crippen MR) is 97.2 cm³/mol. The van der Waals surface area contributed by atoms with Crippen LogP contribution in [0.5, 0.6) is 0 Å². The lowest BCUT2D eigenvalue weighted by Crippen LogP contribution is -2.35. The summed E-state index contributed by atoms with van der Waals surface area (Å²) in [6, 6.07) is 20.4. The molecule has 3 rings (SSSR count). The SMILES string of the molecule is Cn1nc(-c2ccccc2)cc1C(=O)OC(Cc1ccccc1)C(N)=O. The van der Waals surface area contributed by atoms with E-state index in [1.54, 1.807) is 13.1 Å². The molecule has 6 nitrogen and oxygen atoms in total. The van der Waals surface area contributed by atoms with Crippen molar-refractivity contribution in [2.24, 2.45) is 12.8 Å². The minimum atomic E-state index is -1.04. The average Bonchev–Trinajstić information content (AvgIpc) is 3.04. The lowest BCUT2D eigenvalue weighted by molar-refractivity contribution is -0.126. The molecule has 0 spiro atoms. The van der Waals surface area contributed by atoms with Crippen LogP contribution in [0.3, 0.4) is 0 Å². The summed E-state index contributed by atoms with van der Waals surface area (Å²) < 4.78 is 6.79. The quantitative estimate of drug-likeness (QED) is 0.692. The largest absolute Gasteiger partial charge is 0.447 e. The lowest BCUT2D eigenvalue weighted by Gasteiger charge is -2.14. The first-order chi connectivity index (χ1) is 12.5. The highest BCUT2D eigenvalue weighted by molar-refractivity contribution is 5.91. The first kappa shape index (κ1) is 17.4. The second-order valence-electron chi connectivity index (χ2n) is 5.89. The van der Waals surface area contributed by atoms with Gasteiger partial charge in [-0.1, -0.05) is 60.7 Å². The van der Waals surface area contributed by atoms with Gasteiger partial charge in [0.15, 0.2) is 6.10 Å². The third-order valence-corrected chi connectivity index (χ3v) is 3.99. The molecule has 3 aromatic rings. The van der Waals surface area contributed by atoms with Crippen molar-refractivity contribution >= 4 is 11.9 Å². The molecule has 0 saturated heterocycles. The van der Waals surface area contributed by atoms with E-state index < -0.39 is 18.0 Å². The van der Waals surface area contributed by atoms with E-state index in [-0.39, 0.29) is 12.1 Å². The van der Waals surface area contributed by atoms with Crippen LogP contribution < -0.4 is 5.73 Å². The first-order valence-corrected chi connectivity index (χ1v) is 8.18. The highest BCUT2D eigenvalue weighted by atomic mass is 16.5. The highest BCUT2D eigenvalue weighted by Crippen LogP contribution is 2.19. The number of benzene rings is 2. The fourth-order valence-electron chi connectivity index (χ4n) is 2.63. The maximum absolute atomic E-state index is 12.5. The van der Waals surface area contributed by atoms with Gasteiger partial charge in [0.1, 0.15) is 5.69 Å². The zero-order valence-corrected chi connectivity index (χ0v) is 14.3. The minimum absolute atomic E-state index is 0.227. The van der Waals surface area contributed by atoms with Crippen LogP contribution in [0.1, 0.15) is 16.1 Å². The fourth-order valence-corrected chi connectivity index (χ4v) is 2.63. The molecule has 0 aliphatic heterocycles. The van der Waals surface area contributed by atoms with Gasteiger partial charge in [-0.15, -0.1) is 0 Å². The number of rotatable bonds is 6. The molecule has 0 saturated carbocycles. The maximum atomic E-state index is 12.5. The van der Waals surface area contributed by atoms with E-state index in [1.807, 2.05) is 60.7 Å². The Kier molecular flexibility index (Phi) is 5.12. The van der Waals surface area contributed by atoms with Crippen molar-refractivity contribution in [3.05, 3.63) is 78.0 Å². The topological polar surface area (TPSA) is 87.2 Å². The van der Waals surface area contributed by atoms with Crippen LogP contribution in [0.15, 0.2) is 66.7 Å². The molecule has 1 aromatic heterocycles. The van der Waals surface area contributed by atoms with Gasteiger partial charge in [0.05, 0.1) is 5.69 Å². The molecule has 132 valence electrons. The van der Waals surface area contributed by atoms with Crippen molar-refractivity contribution in [2.75, 3.05) is 0 Å². The summed E-state index contributed by atoms with van der Waals surface area (Å²) in [5.41, 5.74) is 8.06. The summed E-state index contributed by atoms with van der Waals surface area (Å²) in [7, 11) is 1.65. The molecule has 6 heteroatoms. The van der Waals surface area contributed by atoms with E-state index in [0.717, 1.165) is 11.1 Å². The zero-order valence-electron chi connectivity index (χ0n) is 14.3. The molecule has 0 radical (unpaired) electrons. The molecular weight excluding hydrogens is 330 g/mol. The highest BCUT2D eigenvalue weighted by Gasteiger charge is 2.24. The number of carbonyl (C=O) groups is 2. The van der Waals surface area contributed by atoms with Crippen molar-refractivity contribution in [3.63, 3.8) is 0 Å². The second kappa shape index (κ2) is 7.65. The van der Waals surface area contributed by atoms with E-state index in [2.05, 4.69) is 5.10 Å². The molecule has 2 N–H and O–H groups in total. The normalized spacial score (nSPS) is 11.7. The molecule has 1 amide bonds. The summed E-state index contributed by atoms with van der Waals surface area (Å²) >= 11 is 0. The van der Waals surface area contributed by atoms with Gasteiger partial charge in [-0.2, -0.15) is 5.10 Å². The van der Waals surface area contributed by atoms with Crippen molar-refractivity contribution in [1.29, 1.82) is 0 Å². The number of nitrogens with two attached hydrogens (primary N) is 1. The van der Waals surface area contributed by atoms with E-state index in [4.69, 9.17) is 10.5 Å². The Balaban J connectivity index is 1.78. The summed E-state index contributed by atoms with van der Waals surface area (Å²) in [5, 5.41) is 4.34. The Labute approximate surface area is 151 Å². The number of hydrogen-bond donors (Lipinski definition) is 1. The number of hydrogen-bond acceptors (Lipinski definition) is 4. The number of primary amides is 1. The third kappa shape index (κ3) is 3.97. The molecule has 1 atom stereocenters. The van der Waals surface area contributed by atoms with Gasteiger partial charge in [-0.3, -0.25) is 9.48 Å². The Morgan fingerprint density at radius 1 is 1.08 bits per heavy atom. The number of aromatic nitrogens is 2. The molecule has 1 unspecified atom stereocenters. The van der Waals surface area contributed by atoms with Gasteiger partial charge in [-0.05, 0) is 11.6 Å². The maximum Gasteiger partial charge on any atom is 0.357 e. The average molecular weight is 349 g/mol. The third-order valence-electron chi connectivity index (χ3n) is 3.99. The monoisotopic (exact) mass is 349 g/mol. The number of aryl methyl sites for hydroxylation is 1. The summed E-state index contributed by atoms with van der Waals surface area (Å²) in [5.74, 6) is -1.32. The van der Waals surface area contributed by atoms with Crippen LogP contribution in [0.4, 0.5) is 0 Å². The predicted octanol–water partition coefficient (Wildman–Crippen LogP) is 2.34. The molecular formula is C20H19N3O3. The van der Waals surface area contributed by atoms with Crippen LogP contribution in [0.25, 0.3) is 11.3 Å². The minimum Gasteiger partial charge on any atom is -0.447 e. The van der Waals surface area contributed by atoms with E-state index in [9.17, 15) is 9.59 Å². The standard InChI is InChI=1S/C20H19N3O3/c1-23-17(13-16(22-23)15-10-6-3-7-11-15)20(25)26-18(19(21)24)12-14-8-4-2-5-9-14/h2-11,13,18H,12H2,1H3,(H2,21,24). The molecule has 0 aliphatic carbocycles. The van der Waals surface area contributed by atoms with Crippen LogP contribution in [-0.2, 0) is 23.0 Å². The number of carbonyl (C=O) groups excluding carboxylic acids is 2. The van der Waals surface area contributed by atoms with Gasteiger partial charge < -0.3 is 10.5 Å². The number of esters is 1. The Hall–Kier alpha value is -3.41. The van der Waals surface area contributed by atoms with Crippen LogP contribution in [-0.4, -0.2) is 27.8 Å². The molecule has 26 heavy (non-hydrogen) atoms. The number of nitrogens with zero attached hydrogens (tertiary/aromatic N) is 2. The summed E-state index contributed by atoms with van der Waals surface area (Å²) in [6.07, 6.45) is -0.814. The van der Waals surface area contributed by atoms with E-state index in [1.165, 1.54) is 4.68 Å². The zero-order chi connectivity index (χ0) is 18.5. The van der Waals surface area contributed by atoms with Crippen molar-refractivity contribution in [3.8, 4) is 11.3 Å². The smallest absolute Gasteiger partial charge is 0.357 e. The lowest BCUT2D eigenvalue weighted by atomic mass is 10.1. The van der Waals surface area contributed by atoms with Crippen LogP contribution in [0, 0.1) is 0 Å². The van der Waals surface area contributed by atoms with Gasteiger partial charge in [-0.25, -0.2) is 4.79 Å². The Bertz CT molecular complexity index is 905. The van der Waals surface area contributed by atoms with Gasteiger partial charge in [0.25, 0.3) is 5.91 Å². The Morgan fingerprint density at radius 3 is 2.31 bits per heavy atom. The summed E-state index contributed by atoms with van der Waals surface area (Å²) in [6.45, 7) is 0. The van der Waals surface area contributed by atoms with Crippen LogP contribution in [0.2, 0.25) is 0 Å². The van der Waals surface area contributed by atoms with E-state index in [0.29, 0.717) is 5.69 Å². The van der Waals surface area contributed by atoms with Crippen LogP contribution >= 0.6 is 0 Å². The molecule has 2 aromatic carbocycles. The molecule has 1 heterocycles. The Morgan fingerprint density at radius 2 is 1.69 bits per heavy atom. The molecule has 0 bridgehead atoms. The van der Waals surface area contributed by atoms with Gasteiger partial charge in [0, 0.05) is 19.0 Å². The van der Waals surface area contributed by atoms with Crippen molar-refractivity contribution < 1.29 is 14.3 Å². The second-order valence-corrected chi connectivity index (χ2v) is 5.89.